The lowest BCUT2D eigenvalue weighted by atomic mass is 9.99. The third-order valence-electron chi connectivity index (χ3n) is 6.10. The highest BCUT2D eigenvalue weighted by Gasteiger charge is 2.42. The second-order valence-corrected chi connectivity index (χ2v) is 8.63. The zero-order valence-corrected chi connectivity index (χ0v) is 19.7. The van der Waals surface area contributed by atoms with Gasteiger partial charge in [0.05, 0.1) is 32.0 Å². The molecule has 1 saturated heterocycles. The van der Waals surface area contributed by atoms with Gasteiger partial charge in [-0.15, -0.1) is 0 Å². The lowest BCUT2D eigenvalue weighted by Gasteiger charge is -2.34. The van der Waals surface area contributed by atoms with Crippen molar-refractivity contribution in [1.29, 1.82) is 0 Å². The van der Waals surface area contributed by atoms with Gasteiger partial charge in [0.15, 0.2) is 6.29 Å². The summed E-state index contributed by atoms with van der Waals surface area (Å²) in [5.74, 6) is 0. The molecule has 180 valence electrons. The summed E-state index contributed by atoms with van der Waals surface area (Å²) in [5, 5.41) is 10.7. The van der Waals surface area contributed by atoms with Crippen molar-refractivity contribution in [3.63, 3.8) is 0 Å². The zero-order chi connectivity index (χ0) is 23.6. The average Bonchev–Trinajstić information content (AvgIpc) is 3.02. The van der Waals surface area contributed by atoms with E-state index < -0.39 is 24.6 Å². The molecule has 0 bridgehead atoms. The van der Waals surface area contributed by atoms with E-state index >= 15 is 0 Å². The van der Waals surface area contributed by atoms with Crippen LogP contribution in [0.4, 0.5) is 0 Å². The van der Waals surface area contributed by atoms with Gasteiger partial charge in [-0.05, 0) is 23.1 Å². The maximum atomic E-state index is 10.7. The Morgan fingerprint density at radius 1 is 0.676 bits per heavy atom. The summed E-state index contributed by atoms with van der Waals surface area (Å²) in [4.78, 5) is 0. The Kier molecular flexibility index (Phi) is 9.25. The van der Waals surface area contributed by atoms with Crippen LogP contribution in [0.2, 0.25) is 0 Å². The van der Waals surface area contributed by atoms with Crippen LogP contribution >= 0.6 is 0 Å². The van der Waals surface area contributed by atoms with Crippen molar-refractivity contribution in [1.82, 2.24) is 0 Å². The quantitative estimate of drug-likeness (QED) is 0.445. The molecule has 0 amide bonds. The molecule has 34 heavy (non-hydrogen) atoms. The highest BCUT2D eigenvalue weighted by atomic mass is 16.6. The van der Waals surface area contributed by atoms with Gasteiger partial charge in [0, 0.05) is 6.42 Å². The van der Waals surface area contributed by atoms with Crippen LogP contribution in [0.3, 0.4) is 0 Å². The number of aliphatic hydroxyl groups excluding tert-OH is 1. The fraction of sp³-hybridized carbons (Fsp3) is 0.379. The Hall–Kier alpha value is -2.54. The topological polar surface area (TPSA) is 57.2 Å². The lowest BCUT2D eigenvalue weighted by Crippen LogP contribution is -2.47. The molecule has 0 radical (unpaired) electrons. The van der Waals surface area contributed by atoms with Crippen molar-refractivity contribution >= 4 is 0 Å². The van der Waals surface area contributed by atoms with Gasteiger partial charge in [0.2, 0.25) is 0 Å². The maximum absolute atomic E-state index is 10.7. The van der Waals surface area contributed by atoms with Crippen molar-refractivity contribution in [2.45, 2.75) is 70.3 Å². The third-order valence-corrected chi connectivity index (χ3v) is 6.10. The van der Waals surface area contributed by atoms with Gasteiger partial charge < -0.3 is 24.1 Å². The molecule has 0 spiro atoms. The summed E-state index contributed by atoms with van der Waals surface area (Å²) < 4.78 is 25.3. The number of ether oxygens (including phenoxy) is 4. The van der Waals surface area contributed by atoms with Gasteiger partial charge in [-0.25, -0.2) is 0 Å². The van der Waals surface area contributed by atoms with Crippen LogP contribution in [-0.4, -0.2) is 35.8 Å². The van der Waals surface area contributed by atoms with E-state index in [2.05, 4.69) is 0 Å². The first-order valence-corrected chi connectivity index (χ1v) is 12.0. The number of aliphatic hydroxyl groups is 1. The third kappa shape index (κ3) is 6.98. The second kappa shape index (κ2) is 12.8. The van der Waals surface area contributed by atoms with Gasteiger partial charge in [0.25, 0.3) is 0 Å². The smallest absolute Gasteiger partial charge is 0.157 e. The van der Waals surface area contributed by atoms with Crippen LogP contribution < -0.4 is 0 Å². The summed E-state index contributed by atoms with van der Waals surface area (Å²) >= 11 is 0. The predicted octanol–water partition coefficient (Wildman–Crippen LogP) is 5.26. The van der Waals surface area contributed by atoms with Crippen LogP contribution in [-0.2, 0) is 38.8 Å². The minimum absolute atomic E-state index is 0.313. The van der Waals surface area contributed by atoms with Crippen molar-refractivity contribution in [2.75, 3.05) is 0 Å². The molecule has 0 saturated carbocycles. The molecule has 3 aromatic carbocycles. The normalized spacial score (nSPS) is 25.1. The lowest BCUT2D eigenvalue weighted by molar-refractivity contribution is -0.185. The van der Waals surface area contributed by atoms with E-state index in [0.29, 0.717) is 32.7 Å². The molecular formula is C29H34O5. The van der Waals surface area contributed by atoms with Gasteiger partial charge >= 0.3 is 0 Å². The number of hydrogen-bond donors (Lipinski definition) is 1. The molecule has 5 heteroatoms. The molecule has 1 N–H and O–H groups in total. The minimum atomic E-state index is -0.945. The second-order valence-electron chi connectivity index (χ2n) is 8.63. The minimum Gasteiger partial charge on any atom is -0.371 e. The van der Waals surface area contributed by atoms with Crippen LogP contribution in [0.25, 0.3) is 0 Å². The van der Waals surface area contributed by atoms with E-state index in [1.54, 1.807) is 0 Å². The van der Waals surface area contributed by atoms with E-state index in [-0.39, 0.29) is 6.10 Å². The number of rotatable bonds is 10. The van der Waals surface area contributed by atoms with Crippen molar-refractivity contribution in [3.05, 3.63) is 108 Å². The van der Waals surface area contributed by atoms with Crippen molar-refractivity contribution in [2.24, 2.45) is 0 Å². The fourth-order valence-electron chi connectivity index (χ4n) is 4.30. The van der Waals surface area contributed by atoms with E-state index in [4.69, 9.17) is 18.9 Å². The molecule has 0 aromatic heterocycles. The van der Waals surface area contributed by atoms with Crippen molar-refractivity contribution < 1.29 is 24.1 Å². The van der Waals surface area contributed by atoms with Gasteiger partial charge in [0.1, 0.15) is 12.2 Å². The van der Waals surface area contributed by atoms with Crippen LogP contribution in [0, 0.1) is 0 Å². The zero-order valence-electron chi connectivity index (χ0n) is 19.7. The highest BCUT2D eigenvalue weighted by molar-refractivity contribution is 5.15. The molecule has 1 aliphatic heterocycles. The summed E-state index contributed by atoms with van der Waals surface area (Å²) in [6.07, 6.45) is -1.46. The first-order valence-electron chi connectivity index (χ1n) is 12.0. The van der Waals surface area contributed by atoms with Crippen molar-refractivity contribution in [3.8, 4) is 0 Å². The molecule has 1 aliphatic rings. The number of benzene rings is 3. The van der Waals surface area contributed by atoms with E-state index in [9.17, 15) is 5.11 Å². The molecule has 5 nitrogen and oxygen atoms in total. The monoisotopic (exact) mass is 462 g/mol. The Balaban J connectivity index is 1.56. The SMILES string of the molecule is CCC1OC(O)CC(OCc2ccccc2)C(OCc2ccccc2)C1OCc1ccccc1. The molecular weight excluding hydrogens is 428 g/mol. The van der Waals surface area contributed by atoms with Crippen LogP contribution in [0.1, 0.15) is 36.5 Å². The molecule has 5 atom stereocenters. The Labute approximate surface area is 202 Å². The molecule has 1 fully saturated rings. The van der Waals surface area contributed by atoms with Gasteiger partial charge in [-0.2, -0.15) is 0 Å². The largest absolute Gasteiger partial charge is 0.371 e. The fourth-order valence-corrected chi connectivity index (χ4v) is 4.30. The highest BCUT2D eigenvalue weighted by Crippen LogP contribution is 2.30. The molecule has 1 heterocycles. The molecule has 4 rings (SSSR count). The Bertz CT molecular complexity index is 950. The standard InChI is InChI=1S/C29H34O5/c1-2-25-28(32-20-23-14-8-4-9-15-23)29(33-21-24-16-10-5-11-17-24)26(18-27(30)34-25)31-19-22-12-6-3-7-13-22/h3-17,25-30H,2,18-21H2,1H3. The number of hydrogen-bond acceptors (Lipinski definition) is 5. The molecule has 3 aromatic rings. The summed E-state index contributed by atoms with van der Waals surface area (Å²) in [5.41, 5.74) is 3.22. The van der Waals surface area contributed by atoms with E-state index in [0.717, 1.165) is 16.7 Å². The maximum Gasteiger partial charge on any atom is 0.157 e. The van der Waals surface area contributed by atoms with Crippen LogP contribution in [0.5, 0.6) is 0 Å². The Morgan fingerprint density at radius 3 is 1.59 bits per heavy atom. The van der Waals surface area contributed by atoms with Gasteiger partial charge in [-0.3, -0.25) is 0 Å². The summed E-state index contributed by atoms with van der Waals surface area (Å²) in [7, 11) is 0. The molecule has 5 unspecified atom stereocenters. The first kappa shape index (κ1) is 24.6. The first-order chi connectivity index (χ1) is 16.7. The average molecular weight is 463 g/mol. The van der Waals surface area contributed by atoms with E-state index in [1.165, 1.54) is 0 Å². The molecule has 0 aliphatic carbocycles. The van der Waals surface area contributed by atoms with Crippen LogP contribution in [0.15, 0.2) is 91.0 Å². The predicted molar refractivity (Wildman–Crippen MR) is 131 cm³/mol. The Morgan fingerprint density at radius 2 is 1.12 bits per heavy atom. The van der Waals surface area contributed by atoms with Gasteiger partial charge in [-0.1, -0.05) is 97.9 Å². The summed E-state index contributed by atoms with van der Waals surface area (Å²) in [6, 6.07) is 30.2. The van der Waals surface area contributed by atoms with E-state index in [1.807, 2.05) is 97.9 Å². The summed E-state index contributed by atoms with van der Waals surface area (Å²) in [6.45, 7) is 3.31.